The van der Waals surface area contributed by atoms with Gasteiger partial charge in [-0.3, -0.25) is 4.79 Å². The van der Waals surface area contributed by atoms with Gasteiger partial charge in [0.25, 0.3) is 0 Å². The van der Waals surface area contributed by atoms with Crippen LogP contribution < -0.4 is 16.2 Å². The Morgan fingerprint density at radius 1 is 1.16 bits per heavy atom. The van der Waals surface area contributed by atoms with Crippen molar-refractivity contribution < 1.29 is 9.53 Å². The first kappa shape index (κ1) is 12.5. The van der Waals surface area contributed by atoms with Gasteiger partial charge < -0.3 is 16.2 Å². The van der Waals surface area contributed by atoms with Gasteiger partial charge in [0.05, 0.1) is 5.56 Å². The van der Waals surface area contributed by atoms with Crippen molar-refractivity contribution in [2.24, 2.45) is 5.73 Å². The maximum Gasteiger partial charge on any atom is 0.248 e. The number of nitriles is 1. The molecule has 0 heterocycles. The van der Waals surface area contributed by atoms with Crippen LogP contribution >= 0.6 is 0 Å². The molecule has 0 aliphatic rings. The minimum atomic E-state index is -0.503. The molecule has 2 rings (SSSR count). The van der Waals surface area contributed by atoms with Crippen LogP contribution in [0.2, 0.25) is 0 Å². The molecule has 0 atom stereocenters. The first-order valence-corrected chi connectivity index (χ1v) is 5.47. The second-order valence-corrected chi connectivity index (χ2v) is 3.86. The summed E-state index contributed by atoms with van der Waals surface area (Å²) in [5.41, 5.74) is 12.0. The number of nitrogens with two attached hydrogens (primary N) is 2. The van der Waals surface area contributed by atoms with Crippen LogP contribution in [-0.4, -0.2) is 5.91 Å². The molecule has 0 saturated carbocycles. The number of primary amides is 1. The molecule has 0 saturated heterocycles. The van der Waals surface area contributed by atoms with Crippen LogP contribution in [-0.2, 0) is 0 Å². The second-order valence-electron chi connectivity index (χ2n) is 3.86. The third-order valence-corrected chi connectivity index (χ3v) is 2.49. The van der Waals surface area contributed by atoms with Gasteiger partial charge in [-0.25, -0.2) is 0 Å². The standard InChI is InChI=1S/C14H11N3O2/c15-8-10-7-11(16)3-6-13(10)19-12-4-1-9(2-5-12)14(17)18/h1-7H,16H2,(H2,17,18). The highest BCUT2D eigenvalue weighted by molar-refractivity contribution is 5.92. The number of nitrogen functional groups attached to an aromatic ring is 1. The summed E-state index contributed by atoms with van der Waals surface area (Å²) in [6.45, 7) is 0. The number of ether oxygens (including phenoxy) is 1. The van der Waals surface area contributed by atoms with E-state index < -0.39 is 5.91 Å². The highest BCUT2D eigenvalue weighted by Gasteiger charge is 2.06. The molecule has 2 aromatic carbocycles. The monoisotopic (exact) mass is 253 g/mol. The summed E-state index contributed by atoms with van der Waals surface area (Å²) in [7, 11) is 0. The van der Waals surface area contributed by atoms with Crippen molar-refractivity contribution >= 4 is 11.6 Å². The average Bonchev–Trinajstić information content (AvgIpc) is 2.41. The first-order valence-electron chi connectivity index (χ1n) is 5.47. The molecule has 0 unspecified atom stereocenters. The molecule has 1 amide bonds. The highest BCUT2D eigenvalue weighted by Crippen LogP contribution is 2.26. The Kier molecular flexibility index (Phi) is 3.35. The molecule has 0 bridgehead atoms. The van der Waals surface area contributed by atoms with Gasteiger partial charge >= 0.3 is 0 Å². The number of hydrogen-bond acceptors (Lipinski definition) is 4. The van der Waals surface area contributed by atoms with E-state index >= 15 is 0 Å². The molecule has 0 radical (unpaired) electrons. The molecular weight excluding hydrogens is 242 g/mol. The van der Waals surface area contributed by atoms with Crippen molar-refractivity contribution in [1.82, 2.24) is 0 Å². The number of hydrogen-bond donors (Lipinski definition) is 2. The van der Waals surface area contributed by atoms with Gasteiger partial charge in [0.2, 0.25) is 5.91 Å². The van der Waals surface area contributed by atoms with Gasteiger partial charge in [-0.15, -0.1) is 0 Å². The van der Waals surface area contributed by atoms with Crippen molar-refractivity contribution in [3.8, 4) is 17.6 Å². The van der Waals surface area contributed by atoms with Crippen molar-refractivity contribution in [1.29, 1.82) is 5.26 Å². The Bertz CT molecular complexity index is 657. The van der Waals surface area contributed by atoms with Crippen LogP contribution in [0, 0.1) is 11.3 Å². The third-order valence-electron chi connectivity index (χ3n) is 2.49. The zero-order valence-corrected chi connectivity index (χ0v) is 9.96. The van der Waals surface area contributed by atoms with Crippen LogP contribution in [0.25, 0.3) is 0 Å². The van der Waals surface area contributed by atoms with Gasteiger partial charge in [-0.1, -0.05) is 0 Å². The maximum absolute atomic E-state index is 10.9. The Morgan fingerprint density at radius 2 is 1.84 bits per heavy atom. The van der Waals surface area contributed by atoms with Crippen molar-refractivity contribution in [2.45, 2.75) is 0 Å². The number of amides is 1. The Labute approximate surface area is 110 Å². The minimum Gasteiger partial charge on any atom is -0.456 e. The maximum atomic E-state index is 10.9. The van der Waals surface area contributed by atoms with E-state index in [4.69, 9.17) is 21.5 Å². The lowest BCUT2D eigenvalue weighted by Crippen LogP contribution is -2.10. The second kappa shape index (κ2) is 5.10. The normalized spacial score (nSPS) is 9.63. The fraction of sp³-hybridized carbons (Fsp3) is 0. The van der Waals surface area contributed by atoms with Crippen LogP contribution in [0.5, 0.6) is 11.5 Å². The minimum absolute atomic E-state index is 0.346. The Morgan fingerprint density at radius 3 is 2.42 bits per heavy atom. The number of rotatable bonds is 3. The summed E-state index contributed by atoms with van der Waals surface area (Å²) in [5.74, 6) is 0.409. The van der Waals surface area contributed by atoms with Crippen LogP contribution in [0.1, 0.15) is 15.9 Å². The number of nitrogens with zero attached hydrogens (tertiary/aromatic N) is 1. The van der Waals surface area contributed by atoms with E-state index in [1.165, 1.54) is 6.07 Å². The average molecular weight is 253 g/mol. The topological polar surface area (TPSA) is 102 Å². The van der Waals surface area contributed by atoms with Crippen molar-refractivity contribution in [3.63, 3.8) is 0 Å². The quantitative estimate of drug-likeness (QED) is 0.817. The summed E-state index contributed by atoms with van der Waals surface area (Å²) in [6.07, 6.45) is 0. The SMILES string of the molecule is N#Cc1cc(N)ccc1Oc1ccc(C(N)=O)cc1. The third kappa shape index (κ3) is 2.82. The van der Waals surface area contributed by atoms with E-state index in [2.05, 4.69) is 0 Å². The molecule has 0 spiro atoms. The smallest absolute Gasteiger partial charge is 0.248 e. The van der Waals surface area contributed by atoms with Gasteiger partial charge in [0.15, 0.2) is 0 Å². The zero-order chi connectivity index (χ0) is 13.8. The van der Waals surface area contributed by atoms with Crippen LogP contribution in [0.3, 0.4) is 0 Å². The Balaban J connectivity index is 2.26. The summed E-state index contributed by atoms with van der Waals surface area (Å²) >= 11 is 0. The lowest BCUT2D eigenvalue weighted by molar-refractivity contribution is 0.100. The lowest BCUT2D eigenvalue weighted by Gasteiger charge is -2.08. The molecule has 2 aromatic rings. The van der Waals surface area contributed by atoms with Crippen molar-refractivity contribution in [3.05, 3.63) is 53.6 Å². The van der Waals surface area contributed by atoms with E-state index in [1.807, 2.05) is 6.07 Å². The summed E-state index contributed by atoms with van der Waals surface area (Å²) in [5, 5.41) is 8.99. The molecule has 5 heteroatoms. The largest absolute Gasteiger partial charge is 0.456 e. The molecular formula is C14H11N3O2. The molecule has 0 aromatic heterocycles. The van der Waals surface area contributed by atoms with E-state index in [0.717, 1.165) is 0 Å². The van der Waals surface area contributed by atoms with E-state index in [9.17, 15) is 4.79 Å². The molecule has 5 nitrogen and oxygen atoms in total. The Hall–Kier alpha value is -3.00. The van der Waals surface area contributed by atoms with Gasteiger partial charge in [-0.05, 0) is 42.5 Å². The predicted molar refractivity (Wildman–Crippen MR) is 70.6 cm³/mol. The summed E-state index contributed by atoms with van der Waals surface area (Å²) < 4.78 is 5.56. The number of carbonyl (C=O) groups is 1. The number of benzene rings is 2. The first-order chi connectivity index (χ1) is 9.10. The van der Waals surface area contributed by atoms with Gasteiger partial charge in [-0.2, -0.15) is 5.26 Å². The molecule has 19 heavy (non-hydrogen) atoms. The number of anilines is 1. The lowest BCUT2D eigenvalue weighted by atomic mass is 10.2. The summed E-state index contributed by atoms with van der Waals surface area (Å²) in [6, 6.07) is 13.1. The summed E-state index contributed by atoms with van der Waals surface area (Å²) in [4.78, 5) is 10.9. The molecule has 0 aliphatic carbocycles. The molecule has 94 valence electrons. The van der Waals surface area contributed by atoms with E-state index in [-0.39, 0.29) is 0 Å². The van der Waals surface area contributed by atoms with E-state index in [0.29, 0.717) is 28.3 Å². The fourth-order valence-corrected chi connectivity index (χ4v) is 1.54. The van der Waals surface area contributed by atoms with Crippen molar-refractivity contribution in [2.75, 3.05) is 5.73 Å². The zero-order valence-electron chi connectivity index (χ0n) is 9.96. The number of carbonyl (C=O) groups excluding carboxylic acids is 1. The fourth-order valence-electron chi connectivity index (χ4n) is 1.54. The van der Waals surface area contributed by atoms with Crippen LogP contribution in [0.4, 0.5) is 5.69 Å². The van der Waals surface area contributed by atoms with E-state index in [1.54, 1.807) is 36.4 Å². The predicted octanol–water partition coefficient (Wildman–Crippen LogP) is 2.03. The highest BCUT2D eigenvalue weighted by atomic mass is 16.5. The molecule has 4 N–H and O–H groups in total. The van der Waals surface area contributed by atoms with Gasteiger partial charge in [0, 0.05) is 11.3 Å². The molecule has 0 fully saturated rings. The molecule has 0 aliphatic heterocycles. The van der Waals surface area contributed by atoms with Crippen LogP contribution in [0.15, 0.2) is 42.5 Å². The van der Waals surface area contributed by atoms with Gasteiger partial charge in [0.1, 0.15) is 17.6 Å².